The van der Waals surface area contributed by atoms with Crippen LogP contribution in [0.5, 0.6) is 0 Å². The van der Waals surface area contributed by atoms with E-state index in [2.05, 4.69) is 170 Å². The van der Waals surface area contributed by atoms with Gasteiger partial charge in [-0.3, -0.25) is 28.8 Å². The van der Waals surface area contributed by atoms with Crippen molar-refractivity contribution in [2.24, 2.45) is 5.73 Å². The zero-order valence-electron chi connectivity index (χ0n) is 80.1. The number of halogens is 2. The number of allylic oxidation sites excluding steroid dienone is 24. The van der Waals surface area contributed by atoms with Gasteiger partial charge in [0, 0.05) is 79.2 Å². The zero-order valence-corrected chi connectivity index (χ0v) is 80.1. The number of benzene rings is 6. The summed E-state index contributed by atoms with van der Waals surface area (Å²) < 4.78 is 32.3. The van der Waals surface area contributed by atoms with Crippen LogP contribution in [0.3, 0.4) is 0 Å². The number of carbonyl (C=O) groups is 6. The third-order valence-electron chi connectivity index (χ3n) is 21.9. The fourth-order valence-electron chi connectivity index (χ4n) is 15.3. The van der Waals surface area contributed by atoms with Crippen molar-refractivity contribution in [3.8, 4) is 44.8 Å². The fourth-order valence-corrected chi connectivity index (χ4v) is 15.3. The Balaban J connectivity index is 0.000000348. The molecular formula is C116H146F2N6O11. The number of hydrogen-bond acceptors (Lipinski definition) is 11. The lowest BCUT2D eigenvalue weighted by atomic mass is 9.94. The van der Waals surface area contributed by atoms with Gasteiger partial charge >= 0.3 is 5.97 Å². The predicted molar refractivity (Wildman–Crippen MR) is 552 cm³/mol. The smallest absolute Gasteiger partial charge is 0.305 e. The second kappa shape index (κ2) is 66.9. The molecule has 0 saturated carbocycles. The van der Waals surface area contributed by atoms with E-state index in [0.717, 1.165) is 112 Å². The van der Waals surface area contributed by atoms with Crippen LogP contribution in [-0.2, 0) is 32.3 Å². The van der Waals surface area contributed by atoms with E-state index in [1.54, 1.807) is 24.3 Å². The normalized spacial score (nSPS) is 12.9. The summed E-state index contributed by atoms with van der Waals surface area (Å²) in [6, 6.07) is 49.8. The molecule has 0 fully saturated rings. The van der Waals surface area contributed by atoms with Gasteiger partial charge in [-0.25, -0.2) is 8.78 Å². The molecule has 10 N–H and O–H groups in total. The molecule has 0 spiro atoms. The second-order valence-electron chi connectivity index (χ2n) is 33.8. The Kier molecular flexibility index (Phi) is 55.2. The first-order chi connectivity index (χ1) is 65.5. The standard InChI is InChI=1S/C58H72FN3O5.C33H35FN2O5.C25H39NO/c1-4-5-6-7-8-9-10-11-12-13-14-15-16-17-18-19-20-21-28-34-50(63)35-29-41-60-53(66)44-52(65)43-51(64)40-42-62-56(45(2)3)55(58(67)61-49-32-26-23-27-33-49)54(46-30-24-22-25-31-46)57(62)47-36-38-48(59)39-37-47;1-21(2)31-30(33(41)35-25-11-7-4-8-12-25)29(22-9-5-3-6-10-22)32(23-13-15-24(34)16-14-23)36(31)18-17-26(37)19-27(38)20-28(39)40;1-2-3-4-5-6-7-8-9-10-11-12-13-14-15-16-17-18-19-20-22-25(27)23-21-24-26/h5-6,8-9,11-12,14-15,17-18,20-27,30-33,36-39,45,51-52,64-65H,4,7,10,13,16,19,28-29,34-35,40-44H2,1-3H3,(H,60,66)(H,61,67);3-16,21,26-27,37-38H,17-20H2,1-2H3,(H,35,41)(H,39,40);3-4,6-7,9-10,12-13,15-16,18-19H,2,5,8,11,14,17,20-24,26H2,1H3/b6-5-,9-8-,12-11-,15-14-,18-17-,21-20-;;4-3-,7-6-,10-9-,13-12-,16-15-,19-18-/t51-,52-;26-,27-;/m11./s1. The van der Waals surface area contributed by atoms with E-state index >= 15 is 0 Å². The van der Waals surface area contributed by atoms with Crippen molar-refractivity contribution in [2.75, 3.05) is 23.7 Å². The summed E-state index contributed by atoms with van der Waals surface area (Å²) in [5.41, 5.74) is 15.0. The quantitative estimate of drug-likeness (QED) is 0.0127. The van der Waals surface area contributed by atoms with E-state index < -0.39 is 36.8 Å². The van der Waals surface area contributed by atoms with Crippen molar-refractivity contribution >= 4 is 46.6 Å². The number of nitrogens with zero attached hydrogens (tertiary/aromatic N) is 2. The summed E-state index contributed by atoms with van der Waals surface area (Å²) in [4.78, 5) is 75.9. The van der Waals surface area contributed by atoms with Crippen LogP contribution in [0, 0.1) is 11.6 Å². The van der Waals surface area contributed by atoms with E-state index in [0.29, 0.717) is 114 Å². The third kappa shape index (κ3) is 44.1. The molecular weight excluding hydrogens is 1690 g/mol. The maximum atomic E-state index is 14.3. The lowest BCUT2D eigenvalue weighted by Crippen LogP contribution is -2.30. The van der Waals surface area contributed by atoms with E-state index in [4.69, 9.17) is 10.8 Å². The molecule has 4 atom stereocenters. The number of amides is 3. The SMILES string of the molecule is CC(C)c1c(C(=O)Nc2ccccc2)c(-c2ccccc2)c(-c2ccc(F)cc2)n1CC[C@@H](O)C[C@@H](O)CC(=O)O.CC/C=C\C/C=C\C/C=C\C/C=C\C/C=C\C/C=C\CCC(=O)CCCN.CC/C=C\C/C=C\C/C=C\C/C=C\C/C=C\C/C=C\CCC(=O)CCCNC(=O)C[C@H](O)C[C@H](O)CCn1c(-c2ccc(F)cc2)c(-c2ccccc2)c(C(=O)Nc2ccccc2)c1C(C)C. The number of para-hydroxylation sites is 2. The van der Waals surface area contributed by atoms with Crippen LogP contribution >= 0.6 is 0 Å². The van der Waals surface area contributed by atoms with Gasteiger partial charge in [-0.15, -0.1) is 0 Å². The van der Waals surface area contributed by atoms with Crippen LogP contribution in [0.4, 0.5) is 20.2 Å². The van der Waals surface area contributed by atoms with E-state index in [-0.39, 0.29) is 92.2 Å². The number of carboxylic acid groups (broad SMARTS) is 1. The molecule has 8 rings (SSSR count). The van der Waals surface area contributed by atoms with Crippen LogP contribution in [0.15, 0.2) is 316 Å². The molecule has 6 aromatic carbocycles. The Bertz CT molecular complexity index is 5170. The first-order valence-electron chi connectivity index (χ1n) is 48.2. The highest BCUT2D eigenvalue weighted by atomic mass is 19.1. The number of ketones is 2. The molecule has 19 heteroatoms. The lowest BCUT2D eigenvalue weighted by molar-refractivity contribution is -0.139. The lowest BCUT2D eigenvalue weighted by Gasteiger charge is -2.20. The number of carbonyl (C=O) groups excluding carboxylic acids is 5. The van der Waals surface area contributed by atoms with Gasteiger partial charge in [0.25, 0.3) is 11.8 Å². The molecule has 135 heavy (non-hydrogen) atoms. The maximum Gasteiger partial charge on any atom is 0.305 e. The molecule has 0 aliphatic rings. The Morgan fingerprint density at radius 1 is 0.370 bits per heavy atom. The summed E-state index contributed by atoms with van der Waals surface area (Å²) in [5, 5.41) is 60.7. The van der Waals surface area contributed by atoms with Gasteiger partial charge in [-0.1, -0.05) is 284 Å². The van der Waals surface area contributed by atoms with Gasteiger partial charge in [-0.05, 0) is 242 Å². The molecule has 720 valence electrons. The molecule has 2 aromatic heterocycles. The Hall–Kier alpha value is -12.4. The number of aliphatic hydroxyl groups is 4. The molecule has 0 aliphatic carbocycles. The van der Waals surface area contributed by atoms with Gasteiger partial charge in [0.1, 0.15) is 23.2 Å². The molecule has 0 aliphatic heterocycles. The number of carboxylic acids is 1. The minimum Gasteiger partial charge on any atom is -0.481 e. The fraction of sp³-hybridized carbons (Fsp3) is 0.362. The number of nitrogens with two attached hydrogens (primary N) is 1. The van der Waals surface area contributed by atoms with Crippen molar-refractivity contribution in [2.45, 2.75) is 258 Å². The minimum absolute atomic E-state index is 0.0302. The van der Waals surface area contributed by atoms with Crippen LogP contribution in [0.25, 0.3) is 44.8 Å². The predicted octanol–water partition coefficient (Wildman–Crippen LogP) is 26.3. The monoisotopic (exact) mass is 1840 g/mol. The minimum atomic E-state index is -1.18. The summed E-state index contributed by atoms with van der Waals surface area (Å²) in [5.74, 6) is -2.62. The Morgan fingerprint density at radius 2 is 0.674 bits per heavy atom. The molecule has 17 nitrogen and oxygen atoms in total. The first kappa shape index (κ1) is 111. The highest BCUT2D eigenvalue weighted by molar-refractivity contribution is 6.14. The maximum absolute atomic E-state index is 14.3. The number of aromatic nitrogens is 2. The average molecular weight is 1840 g/mol. The Morgan fingerprint density at radius 3 is 0.985 bits per heavy atom. The highest BCUT2D eigenvalue weighted by Gasteiger charge is 2.34. The van der Waals surface area contributed by atoms with Crippen molar-refractivity contribution in [1.82, 2.24) is 14.5 Å². The van der Waals surface area contributed by atoms with Gasteiger partial charge in [0.15, 0.2) is 0 Å². The molecule has 8 aromatic rings. The van der Waals surface area contributed by atoms with Crippen molar-refractivity contribution in [3.05, 3.63) is 350 Å². The summed E-state index contributed by atoms with van der Waals surface area (Å²) in [6.07, 6.45) is 64.3. The molecule has 0 unspecified atom stereocenters. The topological polar surface area (TPSA) is 276 Å². The number of aliphatic hydroxyl groups excluding tert-OH is 4. The van der Waals surface area contributed by atoms with Crippen molar-refractivity contribution < 1.29 is 63.1 Å². The summed E-state index contributed by atoms with van der Waals surface area (Å²) >= 11 is 0. The van der Waals surface area contributed by atoms with Gasteiger partial charge in [0.2, 0.25) is 5.91 Å². The molecule has 0 radical (unpaired) electrons. The number of hydrogen-bond donors (Lipinski definition) is 9. The van der Waals surface area contributed by atoms with Gasteiger partial charge < -0.3 is 56.4 Å². The number of aliphatic carboxylic acids is 1. The van der Waals surface area contributed by atoms with Crippen LogP contribution in [-0.4, -0.2) is 107 Å². The zero-order chi connectivity index (χ0) is 97.4. The van der Waals surface area contributed by atoms with E-state index in [1.165, 1.54) is 24.3 Å². The number of Topliss-reactive ketones (excluding diaryl/α,β-unsaturated/α-hetero) is 2. The van der Waals surface area contributed by atoms with E-state index in [9.17, 15) is 58.0 Å². The molecule has 0 bridgehead atoms. The van der Waals surface area contributed by atoms with Crippen molar-refractivity contribution in [3.63, 3.8) is 0 Å². The molecule has 2 heterocycles. The van der Waals surface area contributed by atoms with Crippen LogP contribution < -0.4 is 21.7 Å². The third-order valence-corrected chi connectivity index (χ3v) is 21.9. The molecule has 3 amide bonds. The highest BCUT2D eigenvalue weighted by Crippen LogP contribution is 2.45. The van der Waals surface area contributed by atoms with Crippen LogP contribution in [0.1, 0.15) is 252 Å². The van der Waals surface area contributed by atoms with Crippen LogP contribution in [0.2, 0.25) is 0 Å². The largest absolute Gasteiger partial charge is 0.481 e. The molecule has 0 saturated heterocycles. The number of anilines is 2. The summed E-state index contributed by atoms with van der Waals surface area (Å²) in [6.45, 7) is 13.8. The average Bonchev–Trinajstić information content (AvgIpc) is 1.59. The second-order valence-corrected chi connectivity index (χ2v) is 33.8. The van der Waals surface area contributed by atoms with Crippen molar-refractivity contribution in [1.29, 1.82) is 0 Å². The van der Waals surface area contributed by atoms with Gasteiger partial charge in [-0.2, -0.15) is 0 Å². The summed E-state index contributed by atoms with van der Waals surface area (Å²) in [7, 11) is 0. The van der Waals surface area contributed by atoms with Gasteiger partial charge in [0.05, 0.1) is 59.8 Å². The van der Waals surface area contributed by atoms with E-state index in [1.807, 2.05) is 164 Å². The first-order valence-corrected chi connectivity index (χ1v) is 48.2. The number of nitrogens with one attached hydrogen (secondary N) is 3. The number of rotatable bonds is 59. The Labute approximate surface area is 801 Å².